The Kier molecular flexibility index (Phi) is 6.56. The molecule has 8 heteroatoms. The van der Waals surface area contributed by atoms with Gasteiger partial charge in [-0.3, -0.25) is 9.59 Å². The minimum Gasteiger partial charge on any atom is -0.481 e. The van der Waals surface area contributed by atoms with Gasteiger partial charge in [0.1, 0.15) is 0 Å². The monoisotopic (exact) mass is 326 g/mol. The van der Waals surface area contributed by atoms with Crippen LogP contribution in [0.25, 0.3) is 0 Å². The molecule has 0 aromatic carbocycles. The molecule has 0 aromatic rings. The van der Waals surface area contributed by atoms with Crippen molar-refractivity contribution in [1.29, 1.82) is 0 Å². The van der Waals surface area contributed by atoms with E-state index in [-0.39, 0.29) is 25.2 Å². The van der Waals surface area contributed by atoms with E-state index in [1.54, 1.807) is 4.90 Å². The molecule has 1 heterocycles. The van der Waals surface area contributed by atoms with Crippen molar-refractivity contribution in [3.8, 4) is 0 Å². The van der Waals surface area contributed by atoms with Crippen molar-refractivity contribution in [3.05, 3.63) is 12.7 Å². The predicted octanol–water partition coefficient (Wildman–Crippen LogP) is -0.149. The third-order valence-electron chi connectivity index (χ3n) is 4.10. The Hall–Kier alpha value is -2.09. The van der Waals surface area contributed by atoms with Crippen molar-refractivity contribution >= 4 is 17.9 Å². The average molecular weight is 326 g/mol. The Morgan fingerprint density at radius 1 is 1.48 bits per heavy atom. The molecule has 0 radical (unpaired) electrons. The maximum absolute atomic E-state index is 12.7. The summed E-state index contributed by atoms with van der Waals surface area (Å²) in [4.78, 5) is 38.7. The van der Waals surface area contributed by atoms with Gasteiger partial charge in [-0.25, -0.2) is 4.79 Å². The molecular formula is C15H26N4O4. The molecule has 0 unspecified atom stereocenters. The van der Waals surface area contributed by atoms with Gasteiger partial charge >= 0.3 is 12.0 Å². The number of carboxylic acid groups (broad SMARTS) is 1. The van der Waals surface area contributed by atoms with Crippen LogP contribution in [-0.2, 0) is 9.59 Å². The molecule has 3 atom stereocenters. The van der Waals surface area contributed by atoms with Crippen LogP contribution in [0.15, 0.2) is 12.7 Å². The van der Waals surface area contributed by atoms with Gasteiger partial charge in [0, 0.05) is 31.7 Å². The van der Waals surface area contributed by atoms with E-state index >= 15 is 0 Å². The summed E-state index contributed by atoms with van der Waals surface area (Å²) < 4.78 is 0. The lowest BCUT2D eigenvalue weighted by Crippen LogP contribution is -2.52. The first kappa shape index (κ1) is 19.0. The van der Waals surface area contributed by atoms with Crippen LogP contribution >= 0.6 is 0 Å². The highest BCUT2D eigenvalue weighted by Crippen LogP contribution is 2.25. The normalized spacial score (nSPS) is 23.7. The Balaban J connectivity index is 3.02. The molecule has 1 saturated heterocycles. The molecule has 1 fully saturated rings. The summed E-state index contributed by atoms with van der Waals surface area (Å²) in [7, 11) is 0. The van der Waals surface area contributed by atoms with Crippen LogP contribution in [0.1, 0.15) is 20.8 Å². The number of carbonyl (C=O) groups excluding carboxylic acids is 2. The van der Waals surface area contributed by atoms with Crippen LogP contribution in [0.2, 0.25) is 0 Å². The standard InChI is InChI=1S/C15H26N4O4/c1-5-12(20)17-7-11-13(14(21)22)10(16)8-19(11)15(23)18(6-2)9(3)4/h5,9-11,13H,1,6-8,16H2,2-4H3,(H,17,20)(H,21,22)/t10-,11-,13-/m0/s1. The lowest BCUT2D eigenvalue weighted by atomic mass is 9.97. The third kappa shape index (κ3) is 4.22. The van der Waals surface area contributed by atoms with E-state index in [0.717, 1.165) is 6.08 Å². The molecule has 0 saturated carbocycles. The first-order valence-corrected chi connectivity index (χ1v) is 7.70. The fourth-order valence-electron chi connectivity index (χ4n) is 2.92. The summed E-state index contributed by atoms with van der Waals surface area (Å²) >= 11 is 0. The summed E-state index contributed by atoms with van der Waals surface area (Å²) in [6.07, 6.45) is 1.10. The highest BCUT2D eigenvalue weighted by atomic mass is 16.4. The first-order valence-electron chi connectivity index (χ1n) is 7.70. The smallest absolute Gasteiger partial charge is 0.320 e. The molecule has 1 aliphatic rings. The van der Waals surface area contributed by atoms with E-state index in [4.69, 9.17) is 5.73 Å². The molecule has 130 valence electrons. The van der Waals surface area contributed by atoms with Crippen molar-refractivity contribution in [1.82, 2.24) is 15.1 Å². The topological polar surface area (TPSA) is 116 Å². The first-order chi connectivity index (χ1) is 10.7. The number of carboxylic acids is 1. The average Bonchev–Trinajstić information content (AvgIpc) is 2.81. The highest BCUT2D eigenvalue weighted by Gasteiger charge is 2.47. The van der Waals surface area contributed by atoms with Crippen LogP contribution in [0.5, 0.6) is 0 Å². The minimum atomic E-state index is -1.07. The number of likely N-dealkylation sites (tertiary alicyclic amines) is 1. The molecule has 8 nitrogen and oxygen atoms in total. The molecule has 23 heavy (non-hydrogen) atoms. The van der Waals surface area contributed by atoms with Gasteiger partial charge in [-0.05, 0) is 26.8 Å². The van der Waals surface area contributed by atoms with Crippen LogP contribution in [0, 0.1) is 5.92 Å². The summed E-state index contributed by atoms with van der Waals surface area (Å²) in [6, 6.07) is -1.64. The van der Waals surface area contributed by atoms with Crippen LogP contribution in [0.4, 0.5) is 4.79 Å². The van der Waals surface area contributed by atoms with E-state index in [9.17, 15) is 19.5 Å². The van der Waals surface area contributed by atoms with E-state index in [1.165, 1.54) is 4.90 Å². The molecule has 4 N–H and O–H groups in total. The molecule has 0 aliphatic carbocycles. The van der Waals surface area contributed by atoms with Gasteiger partial charge in [0.25, 0.3) is 0 Å². The maximum Gasteiger partial charge on any atom is 0.320 e. The fraction of sp³-hybridized carbons (Fsp3) is 0.667. The molecule has 0 bridgehead atoms. The summed E-state index contributed by atoms with van der Waals surface area (Å²) in [5.41, 5.74) is 5.93. The zero-order valence-corrected chi connectivity index (χ0v) is 13.9. The van der Waals surface area contributed by atoms with Gasteiger partial charge in [-0.2, -0.15) is 0 Å². The second kappa shape index (κ2) is 7.96. The number of carbonyl (C=O) groups is 3. The fourth-order valence-corrected chi connectivity index (χ4v) is 2.92. The summed E-state index contributed by atoms with van der Waals surface area (Å²) in [6.45, 7) is 9.67. The lowest BCUT2D eigenvalue weighted by molar-refractivity contribution is -0.142. The van der Waals surface area contributed by atoms with Crippen molar-refractivity contribution in [2.24, 2.45) is 11.7 Å². The van der Waals surface area contributed by atoms with Crippen LogP contribution in [-0.4, -0.2) is 70.6 Å². The van der Waals surface area contributed by atoms with Crippen LogP contribution < -0.4 is 11.1 Å². The van der Waals surface area contributed by atoms with Gasteiger partial charge in [0.05, 0.1) is 12.0 Å². The van der Waals surface area contributed by atoms with Gasteiger partial charge in [-0.15, -0.1) is 0 Å². The van der Waals surface area contributed by atoms with Gasteiger partial charge in [0.2, 0.25) is 5.91 Å². The SMILES string of the molecule is C=CC(=O)NC[C@H]1[C@@H](C(=O)O)[C@@H](N)CN1C(=O)N(CC)C(C)C. The molecule has 3 amide bonds. The second-order valence-electron chi connectivity index (χ2n) is 5.86. The number of urea groups is 1. The van der Waals surface area contributed by atoms with Crippen molar-refractivity contribution in [3.63, 3.8) is 0 Å². The van der Waals surface area contributed by atoms with E-state index in [2.05, 4.69) is 11.9 Å². The maximum atomic E-state index is 12.7. The number of nitrogens with one attached hydrogen (secondary N) is 1. The largest absolute Gasteiger partial charge is 0.481 e. The molecule has 1 rings (SSSR count). The van der Waals surface area contributed by atoms with Crippen molar-refractivity contribution < 1.29 is 19.5 Å². The predicted molar refractivity (Wildman–Crippen MR) is 85.7 cm³/mol. The van der Waals surface area contributed by atoms with E-state index < -0.39 is 29.9 Å². The molecule has 0 spiro atoms. The zero-order valence-electron chi connectivity index (χ0n) is 13.9. The number of nitrogens with zero attached hydrogens (tertiary/aromatic N) is 2. The number of hydrogen-bond acceptors (Lipinski definition) is 4. The van der Waals surface area contributed by atoms with Gasteiger partial charge in [0.15, 0.2) is 0 Å². The second-order valence-corrected chi connectivity index (χ2v) is 5.86. The Bertz CT molecular complexity index is 480. The zero-order chi connectivity index (χ0) is 17.7. The number of aliphatic carboxylic acids is 1. The van der Waals surface area contributed by atoms with Crippen molar-refractivity contribution in [2.75, 3.05) is 19.6 Å². The van der Waals surface area contributed by atoms with Crippen LogP contribution in [0.3, 0.4) is 0 Å². The minimum absolute atomic E-state index is 0.0176. The number of hydrogen-bond donors (Lipinski definition) is 3. The summed E-state index contributed by atoms with van der Waals surface area (Å²) in [5.74, 6) is -2.41. The third-order valence-corrected chi connectivity index (χ3v) is 4.10. The summed E-state index contributed by atoms with van der Waals surface area (Å²) in [5, 5.41) is 12.0. The number of amides is 3. The van der Waals surface area contributed by atoms with E-state index in [0.29, 0.717) is 6.54 Å². The van der Waals surface area contributed by atoms with Gasteiger partial charge in [-0.1, -0.05) is 6.58 Å². The molecule has 1 aliphatic heterocycles. The highest BCUT2D eigenvalue weighted by molar-refractivity contribution is 5.87. The van der Waals surface area contributed by atoms with Crippen molar-refractivity contribution in [2.45, 2.75) is 38.9 Å². The van der Waals surface area contributed by atoms with Gasteiger partial charge < -0.3 is 26.0 Å². The molecule has 0 aromatic heterocycles. The number of nitrogens with two attached hydrogens (primary N) is 1. The number of rotatable bonds is 6. The quantitative estimate of drug-likeness (QED) is 0.587. The Morgan fingerprint density at radius 3 is 2.52 bits per heavy atom. The van der Waals surface area contributed by atoms with E-state index in [1.807, 2.05) is 20.8 Å². The lowest BCUT2D eigenvalue weighted by Gasteiger charge is -2.34. The Morgan fingerprint density at radius 2 is 2.09 bits per heavy atom. The molecular weight excluding hydrogens is 300 g/mol. The Labute approximate surface area is 136 Å².